The average molecular weight is 279 g/mol. The van der Waals surface area contributed by atoms with E-state index in [9.17, 15) is 14.7 Å². The topological polar surface area (TPSA) is 75.4 Å². The molecule has 0 aliphatic carbocycles. The second kappa shape index (κ2) is 5.64. The van der Waals surface area contributed by atoms with Crippen molar-refractivity contribution in [2.75, 3.05) is 18.0 Å². The molecule has 20 heavy (non-hydrogen) atoms. The smallest absolute Gasteiger partial charge is 0.311 e. The van der Waals surface area contributed by atoms with Gasteiger partial charge in [-0.05, 0) is 19.3 Å². The molecule has 0 radical (unpaired) electrons. The van der Waals surface area contributed by atoms with Crippen molar-refractivity contribution in [2.24, 2.45) is 5.41 Å². The lowest BCUT2D eigenvalue weighted by molar-refractivity contribution is -0.147. The molecular formula is C14H21N3O3. The van der Waals surface area contributed by atoms with Gasteiger partial charge in [0.25, 0.3) is 5.56 Å². The van der Waals surface area contributed by atoms with E-state index in [1.165, 1.54) is 0 Å². The van der Waals surface area contributed by atoms with Gasteiger partial charge < -0.3 is 14.6 Å². The highest BCUT2D eigenvalue weighted by atomic mass is 16.4. The van der Waals surface area contributed by atoms with E-state index < -0.39 is 11.4 Å². The fourth-order valence-electron chi connectivity index (χ4n) is 2.74. The van der Waals surface area contributed by atoms with E-state index in [-0.39, 0.29) is 5.56 Å². The Morgan fingerprint density at radius 2 is 2.25 bits per heavy atom. The minimum Gasteiger partial charge on any atom is -0.481 e. The van der Waals surface area contributed by atoms with Crippen LogP contribution in [-0.2, 0) is 11.3 Å². The van der Waals surface area contributed by atoms with Crippen molar-refractivity contribution < 1.29 is 9.90 Å². The molecule has 2 heterocycles. The molecule has 0 aromatic carbocycles. The van der Waals surface area contributed by atoms with Crippen LogP contribution < -0.4 is 10.5 Å². The van der Waals surface area contributed by atoms with Crippen LogP contribution in [-0.4, -0.2) is 33.7 Å². The Morgan fingerprint density at radius 3 is 2.80 bits per heavy atom. The van der Waals surface area contributed by atoms with Crippen LogP contribution in [0, 0.1) is 5.41 Å². The standard InChI is InChI=1S/C14H21N3O3/c1-3-7-16-9-6-15-11(12(16)18)17-8-5-14(4-2,10-17)13(19)20/h6,9H,3-5,7-8,10H2,1-2H3,(H,19,20). The molecule has 6 heteroatoms. The molecule has 1 aromatic rings. The fraction of sp³-hybridized carbons (Fsp3) is 0.643. The summed E-state index contributed by atoms with van der Waals surface area (Å²) in [6.07, 6.45) is 5.28. The number of hydrogen-bond acceptors (Lipinski definition) is 4. The van der Waals surface area contributed by atoms with Gasteiger partial charge in [0.2, 0.25) is 0 Å². The largest absolute Gasteiger partial charge is 0.481 e. The van der Waals surface area contributed by atoms with Crippen molar-refractivity contribution in [3.63, 3.8) is 0 Å². The third-order valence-corrected chi connectivity index (χ3v) is 4.14. The summed E-state index contributed by atoms with van der Waals surface area (Å²) in [5, 5.41) is 9.41. The predicted molar refractivity (Wildman–Crippen MR) is 76.0 cm³/mol. The highest BCUT2D eigenvalue weighted by Crippen LogP contribution is 2.35. The van der Waals surface area contributed by atoms with Crippen LogP contribution in [0.15, 0.2) is 17.2 Å². The number of nitrogens with zero attached hydrogens (tertiary/aromatic N) is 3. The van der Waals surface area contributed by atoms with E-state index >= 15 is 0 Å². The minimum absolute atomic E-state index is 0.133. The number of anilines is 1. The minimum atomic E-state index is -0.785. The van der Waals surface area contributed by atoms with Crippen molar-refractivity contribution in [1.29, 1.82) is 0 Å². The molecule has 0 bridgehead atoms. The third kappa shape index (κ3) is 2.42. The van der Waals surface area contributed by atoms with Gasteiger partial charge in [-0.3, -0.25) is 9.59 Å². The van der Waals surface area contributed by atoms with Gasteiger partial charge in [-0.15, -0.1) is 0 Å². The molecule has 0 amide bonds. The van der Waals surface area contributed by atoms with Crippen LogP contribution in [0.5, 0.6) is 0 Å². The van der Waals surface area contributed by atoms with Crippen LogP contribution in [0.25, 0.3) is 0 Å². The van der Waals surface area contributed by atoms with Gasteiger partial charge in [0.05, 0.1) is 5.41 Å². The summed E-state index contributed by atoms with van der Waals surface area (Å²) in [5.74, 6) is -0.412. The number of aryl methyl sites for hydroxylation is 1. The second-order valence-corrected chi connectivity index (χ2v) is 5.36. The normalized spacial score (nSPS) is 22.2. The predicted octanol–water partition coefficient (Wildman–Crippen LogP) is 1.34. The van der Waals surface area contributed by atoms with Gasteiger partial charge in [-0.25, -0.2) is 4.98 Å². The fourth-order valence-corrected chi connectivity index (χ4v) is 2.74. The summed E-state index contributed by atoms with van der Waals surface area (Å²) < 4.78 is 1.63. The molecule has 1 unspecified atom stereocenters. The maximum absolute atomic E-state index is 12.3. The van der Waals surface area contributed by atoms with Gasteiger partial charge in [-0.1, -0.05) is 13.8 Å². The zero-order chi connectivity index (χ0) is 14.8. The molecule has 0 saturated carbocycles. The summed E-state index contributed by atoms with van der Waals surface area (Å²) in [4.78, 5) is 29.8. The summed E-state index contributed by atoms with van der Waals surface area (Å²) >= 11 is 0. The van der Waals surface area contributed by atoms with Gasteiger partial charge in [-0.2, -0.15) is 0 Å². The van der Waals surface area contributed by atoms with E-state index in [4.69, 9.17) is 0 Å². The zero-order valence-corrected chi connectivity index (χ0v) is 12.0. The lowest BCUT2D eigenvalue weighted by atomic mass is 9.84. The quantitative estimate of drug-likeness (QED) is 0.880. The van der Waals surface area contributed by atoms with Gasteiger partial charge in [0, 0.05) is 32.0 Å². The molecule has 1 saturated heterocycles. The first-order valence-corrected chi connectivity index (χ1v) is 7.08. The number of carboxylic acid groups (broad SMARTS) is 1. The van der Waals surface area contributed by atoms with Crippen LogP contribution >= 0.6 is 0 Å². The van der Waals surface area contributed by atoms with E-state index in [1.54, 1.807) is 17.0 Å². The van der Waals surface area contributed by atoms with Gasteiger partial charge in [0.15, 0.2) is 5.82 Å². The molecular weight excluding hydrogens is 258 g/mol. The number of aliphatic carboxylic acids is 1. The van der Waals surface area contributed by atoms with Crippen molar-refractivity contribution >= 4 is 11.8 Å². The van der Waals surface area contributed by atoms with E-state index in [2.05, 4.69) is 4.98 Å². The summed E-state index contributed by atoms with van der Waals surface area (Å²) in [7, 11) is 0. The summed E-state index contributed by atoms with van der Waals surface area (Å²) in [6.45, 7) is 5.47. The third-order valence-electron chi connectivity index (χ3n) is 4.14. The maximum Gasteiger partial charge on any atom is 0.311 e. The molecule has 1 aliphatic rings. The molecule has 6 nitrogen and oxygen atoms in total. The molecule has 1 aliphatic heterocycles. The molecule has 1 atom stereocenters. The van der Waals surface area contributed by atoms with Crippen LogP contribution in [0.4, 0.5) is 5.82 Å². The van der Waals surface area contributed by atoms with Crippen LogP contribution in [0.1, 0.15) is 33.1 Å². The van der Waals surface area contributed by atoms with E-state index in [0.29, 0.717) is 38.3 Å². The van der Waals surface area contributed by atoms with Crippen molar-refractivity contribution in [3.05, 3.63) is 22.7 Å². The molecule has 1 N–H and O–H groups in total. The summed E-state index contributed by atoms with van der Waals surface area (Å²) in [6, 6.07) is 0. The Bertz CT molecular complexity index is 555. The van der Waals surface area contributed by atoms with Crippen molar-refractivity contribution in [1.82, 2.24) is 9.55 Å². The molecule has 110 valence electrons. The Morgan fingerprint density at radius 1 is 1.50 bits per heavy atom. The zero-order valence-electron chi connectivity index (χ0n) is 12.0. The monoisotopic (exact) mass is 279 g/mol. The number of hydrogen-bond donors (Lipinski definition) is 1. The van der Waals surface area contributed by atoms with Gasteiger partial charge >= 0.3 is 5.97 Å². The lowest BCUT2D eigenvalue weighted by Crippen LogP contribution is -2.37. The SMILES string of the molecule is CCCn1ccnc(N2CCC(CC)(C(=O)O)C2)c1=O. The molecule has 1 fully saturated rings. The molecule has 0 spiro atoms. The van der Waals surface area contributed by atoms with Crippen LogP contribution in [0.2, 0.25) is 0 Å². The number of rotatable bonds is 5. The van der Waals surface area contributed by atoms with Crippen LogP contribution in [0.3, 0.4) is 0 Å². The highest BCUT2D eigenvalue weighted by molar-refractivity contribution is 5.76. The number of carboxylic acids is 1. The Labute approximate surface area is 118 Å². The Kier molecular flexibility index (Phi) is 4.11. The average Bonchev–Trinajstić information content (AvgIpc) is 2.87. The first-order valence-electron chi connectivity index (χ1n) is 7.08. The maximum atomic E-state index is 12.3. The first-order chi connectivity index (χ1) is 9.54. The second-order valence-electron chi connectivity index (χ2n) is 5.36. The lowest BCUT2D eigenvalue weighted by Gasteiger charge is -2.23. The number of carbonyl (C=O) groups is 1. The highest BCUT2D eigenvalue weighted by Gasteiger charge is 2.44. The van der Waals surface area contributed by atoms with E-state index in [1.807, 2.05) is 18.7 Å². The summed E-state index contributed by atoms with van der Waals surface area (Å²) in [5.41, 5.74) is -0.883. The Balaban J connectivity index is 2.29. The van der Waals surface area contributed by atoms with Gasteiger partial charge in [0.1, 0.15) is 0 Å². The van der Waals surface area contributed by atoms with Crippen molar-refractivity contribution in [2.45, 2.75) is 39.7 Å². The first kappa shape index (κ1) is 14.6. The van der Waals surface area contributed by atoms with Crippen molar-refractivity contribution in [3.8, 4) is 0 Å². The molecule has 2 rings (SSSR count). The molecule has 1 aromatic heterocycles. The Hall–Kier alpha value is -1.85. The number of aromatic nitrogens is 2. The van der Waals surface area contributed by atoms with E-state index in [0.717, 1.165) is 6.42 Å².